The van der Waals surface area contributed by atoms with Gasteiger partial charge in [-0.15, -0.1) is 11.3 Å². The number of nitrogen functional groups attached to an aromatic ring is 1. The minimum Gasteiger partial charge on any atom is -0.478 e. The molecule has 40 heavy (non-hydrogen) atoms. The van der Waals surface area contributed by atoms with Crippen LogP contribution in [0.3, 0.4) is 0 Å². The standard InChI is InChI=1S/C20H26N10O8S2/c21-19-25-12(9-39-19)14(28-38-20(2-3-20)18(33)34)16(31)26-15-13(30(17(15)32)40(35,36)37)8-29-24-7-11(27-29)6-23-10-1-4-22-5-10/h7,9-10,13,15,22-23H,1-6,8H2,(H2,21,25)(H,26,31)(H,33,34)(H,35,36,37)/t10-,13+,15+/m1/s1. The Balaban J connectivity index is 1.32. The van der Waals surface area contributed by atoms with E-state index in [1.54, 1.807) is 0 Å². The number of amides is 2. The molecular formula is C20H26N10O8S2. The summed E-state index contributed by atoms with van der Waals surface area (Å²) in [5, 5.41) is 31.8. The Bertz CT molecular complexity index is 1450. The molecule has 3 atom stereocenters. The third-order valence-corrected chi connectivity index (χ3v) is 8.28. The Labute approximate surface area is 230 Å². The van der Waals surface area contributed by atoms with Crippen LogP contribution in [0.2, 0.25) is 0 Å². The van der Waals surface area contributed by atoms with Gasteiger partial charge in [0.05, 0.1) is 18.4 Å². The number of rotatable bonds is 12. The Morgan fingerprint density at radius 1 is 1.38 bits per heavy atom. The van der Waals surface area contributed by atoms with Crippen LogP contribution in [0.4, 0.5) is 5.13 Å². The molecule has 0 unspecified atom stereocenters. The highest BCUT2D eigenvalue weighted by atomic mass is 32.2. The Hall–Kier alpha value is -3.72. The van der Waals surface area contributed by atoms with E-state index < -0.39 is 51.5 Å². The van der Waals surface area contributed by atoms with E-state index in [0.717, 1.165) is 35.6 Å². The van der Waals surface area contributed by atoms with E-state index in [-0.39, 0.29) is 40.6 Å². The van der Waals surface area contributed by atoms with Gasteiger partial charge in [0.2, 0.25) is 5.60 Å². The van der Waals surface area contributed by atoms with Crippen molar-refractivity contribution in [2.24, 2.45) is 5.16 Å². The topological polar surface area (TPSA) is 256 Å². The Morgan fingerprint density at radius 2 is 2.15 bits per heavy atom. The highest BCUT2D eigenvalue weighted by Crippen LogP contribution is 2.40. The summed E-state index contributed by atoms with van der Waals surface area (Å²) in [6.45, 7) is 1.86. The minimum atomic E-state index is -4.97. The molecule has 3 aliphatic rings. The van der Waals surface area contributed by atoms with E-state index in [0.29, 0.717) is 12.2 Å². The van der Waals surface area contributed by atoms with Gasteiger partial charge in [0.25, 0.3) is 11.8 Å². The predicted octanol–water partition coefficient (Wildman–Crippen LogP) is -2.70. The SMILES string of the molecule is Nc1nc(C(=NOC2(C(=O)O)CC2)C(=O)N[C@@H]2C(=O)N(S(=O)(=O)O)[C@H]2Cn2ncc(CN[C@@H]3CCNC3)n2)cs1. The van der Waals surface area contributed by atoms with Gasteiger partial charge in [0.15, 0.2) is 10.8 Å². The number of aliphatic carboxylic acids is 1. The molecule has 3 fully saturated rings. The number of oxime groups is 1. The maximum absolute atomic E-state index is 13.2. The molecule has 20 heteroatoms. The lowest BCUT2D eigenvalue weighted by molar-refractivity contribution is -0.153. The molecule has 2 amide bonds. The summed E-state index contributed by atoms with van der Waals surface area (Å²) in [4.78, 5) is 47.6. The lowest BCUT2D eigenvalue weighted by atomic mass is 9.98. The van der Waals surface area contributed by atoms with E-state index in [4.69, 9.17) is 10.6 Å². The molecule has 0 spiro atoms. The molecule has 216 valence electrons. The smallest absolute Gasteiger partial charge is 0.362 e. The summed E-state index contributed by atoms with van der Waals surface area (Å²) in [5.41, 5.74) is 4.14. The van der Waals surface area contributed by atoms with Crippen molar-refractivity contribution in [3.05, 3.63) is 23.0 Å². The van der Waals surface area contributed by atoms with Crippen LogP contribution >= 0.6 is 11.3 Å². The molecule has 4 heterocycles. The number of hydrogen-bond acceptors (Lipinski definition) is 14. The average molecular weight is 599 g/mol. The number of nitrogens with two attached hydrogens (primary N) is 1. The van der Waals surface area contributed by atoms with Crippen LogP contribution in [0, 0.1) is 0 Å². The fourth-order valence-corrected chi connectivity index (χ4v) is 5.71. The predicted molar refractivity (Wildman–Crippen MR) is 136 cm³/mol. The third-order valence-electron chi connectivity index (χ3n) is 6.66. The highest BCUT2D eigenvalue weighted by Gasteiger charge is 2.56. The minimum absolute atomic E-state index is 0.0421. The number of thiazole rings is 1. The van der Waals surface area contributed by atoms with Gasteiger partial charge < -0.3 is 31.6 Å². The summed E-state index contributed by atoms with van der Waals surface area (Å²) in [7, 11) is -4.97. The number of carbonyl (C=O) groups is 3. The van der Waals surface area contributed by atoms with Crippen molar-refractivity contribution in [2.75, 3.05) is 18.8 Å². The number of aromatic nitrogens is 4. The second-order valence-electron chi connectivity index (χ2n) is 9.49. The second kappa shape index (κ2) is 10.7. The van der Waals surface area contributed by atoms with Crippen molar-refractivity contribution in [3.8, 4) is 0 Å². The van der Waals surface area contributed by atoms with Crippen LogP contribution in [-0.4, -0.2) is 103 Å². The molecule has 2 saturated heterocycles. The third kappa shape index (κ3) is 5.75. The van der Waals surface area contributed by atoms with Gasteiger partial charge in [-0.3, -0.25) is 14.1 Å². The molecule has 1 saturated carbocycles. The molecule has 0 bridgehead atoms. The fourth-order valence-electron chi connectivity index (χ4n) is 4.29. The number of anilines is 1. The van der Waals surface area contributed by atoms with Gasteiger partial charge >= 0.3 is 16.3 Å². The van der Waals surface area contributed by atoms with Gasteiger partial charge in [-0.05, 0) is 13.0 Å². The molecular weight excluding hydrogens is 572 g/mol. The summed E-state index contributed by atoms with van der Waals surface area (Å²) in [5.74, 6) is -3.37. The van der Waals surface area contributed by atoms with Crippen molar-refractivity contribution >= 4 is 50.3 Å². The monoisotopic (exact) mass is 598 g/mol. The zero-order valence-corrected chi connectivity index (χ0v) is 22.4. The molecule has 18 nitrogen and oxygen atoms in total. The van der Waals surface area contributed by atoms with Crippen molar-refractivity contribution < 1.29 is 37.3 Å². The van der Waals surface area contributed by atoms with Crippen LogP contribution in [-0.2, 0) is 42.6 Å². The van der Waals surface area contributed by atoms with Crippen LogP contribution in [0.15, 0.2) is 16.7 Å². The lowest BCUT2D eigenvalue weighted by Crippen LogP contribution is -2.73. The van der Waals surface area contributed by atoms with Crippen molar-refractivity contribution in [1.29, 1.82) is 0 Å². The summed E-state index contributed by atoms with van der Waals surface area (Å²) < 4.78 is 33.7. The van der Waals surface area contributed by atoms with E-state index in [1.807, 2.05) is 0 Å². The fraction of sp³-hybridized carbons (Fsp3) is 0.550. The zero-order valence-electron chi connectivity index (χ0n) is 20.8. The van der Waals surface area contributed by atoms with Gasteiger partial charge in [0, 0.05) is 37.4 Å². The first-order valence-corrected chi connectivity index (χ1v) is 14.4. The number of carbonyl (C=O) groups excluding carboxylic acids is 2. The molecule has 1 aliphatic carbocycles. The number of nitrogens with one attached hydrogen (secondary N) is 3. The largest absolute Gasteiger partial charge is 0.478 e. The number of nitrogens with zero attached hydrogens (tertiary/aromatic N) is 6. The first-order valence-electron chi connectivity index (χ1n) is 12.1. The Morgan fingerprint density at radius 3 is 2.75 bits per heavy atom. The maximum atomic E-state index is 13.2. The lowest BCUT2D eigenvalue weighted by Gasteiger charge is -2.43. The average Bonchev–Trinajstić information content (AvgIpc) is 3.22. The highest BCUT2D eigenvalue weighted by molar-refractivity contribution is 7.84. The molecule has 0 radical (unpaired) electrons. The molecule has 7 N–H and O–H groups in total. The van der Waals surface area contributed by atoms with Gasteiger partial charge in [-0.25, -0.2) is 14.1 Å². The van der Waals surface area contributed by atoms with Gasteiger partial charge in [-0.1, -0.05) is 5.16 Å². The first kappa shape index (κ1) is 27.8. The molecule has 2 aromatic rings. The molecule has 2 aromatic heterocycles. The van der Waals surface area contributed by atoms with Crippen LogP contribution in [0.1, 0.15) is 30.7 Å². The molecule has 2 aliphatic heterocycles. The summed E-state index contributed by atoms with van der Waals surface area (Å²) in [6.07, 6.45) is 2.80. The van der Waals surface area contributed by atoms with Crippen LogP contribution < -0.4 is 21.7 Å². The summed E-state index contributed by atoms with van der Waals surface area (Å²) in [6, 6.07) is -2.43. The number of hydrogen-bond donors (Lipinski definition) is 6. The van der Waals surface area contributed by atoms with E-state index in [1.165, 1.54) is 11.6 Å². The van der Waals surface area contributed by atoms with Crippen LogP contribution in [0.25, 0.3) is 0 Å². The maximum Gasteiger partial charge on any atom is 0.362 e. The van der Waals surface area contributed by atoms with Crippen LogP contribution in [0.5, 0.6) is 0 Å². The van der Waals surface area contributed by atoms with Crippen molar-refractivity contribution in [2.45, 2.75) is 56.1 Å². The number of carboxylic acids is 1. The molecule has 0 aromatic carbocycles. The van der Waals surface area contributed by atoms with E-state index >= 15 is 0 Å². The quantitative estimate of drug-likeness (QED) is 0.0629. The Kier molecular flexibility index (Phi) is 7.44. The summed E-state index contributed by atoms with van der Waals surface area (Å²) >= 11 is 0.983. The van der Waals surface area contributed by atoms with Gasteiger partial charge in [0.1, 0.15) is 17.8 Å². The number of β-lactam (4-membered cyclic amide) rings is 1. The molecule has 5 rings (SSSR count). The van der Waals surface area contributed by atoms with Gasteiger partial charge in [-0.2, -0.15) is 23.4 Å². The van der Waals surface area contributed by atoms with Crippen molar-refractivity contribution in [1.82, 2.24) is 40.2 Å². The van der Waals surface area contributed by atoms with E-state index in [9.17, 15) is 32.5 Å². The van der Waals surface area contributed by atoms with Crippen molar-refractivity contribution in [3.63, 3.8) is 0 Å². The van der Waals surface area contributed by atoms with E-state index in [2.05, 4.69) is 36.3 Å². The second-order valence-corrected chi connectivity index (χ2v) is 11.7. The first-order chi connectivity index (χ1) is 19.0. The zero-order chi connectivity index (χ0) is 28.7. The number of carboxylic acid groups (broad SMARTS) is 1. The normalized spacial score (nSPS) is 24.0.